The van der Waals surface area contributed by atoms with Gasteiger partial charge in [-0.2, -0.15) is 0 Å². The van der Waals surface area contributed by atoms with Crippen LogP contribution in [0, 0.1) is 5.82 Å². The van der Waals surface area contributed by atoms with Crippen molar-refractivity contribution in [2.75, 3.05) is 0 Å². The van der Waals surface area contributed by atoms with Crippen LogP contribution < -0.4 is 11.2 Å². The van der Waals surface area contributed by atoms with E-state index in [-0.39, 0.29) is 6.04 Å². The molecule has 1 N–H and O–H groups in total. The zero-order valence-corrected chi connectivity index (χ0v) is 9.78. The van der Waals surface area contributed by atoms with Crippen molar-refractivity contribution in [2.24, 2.45) is 0 Å². The molecule has 94 valence electrons. The van der Waals surface area contributed by atoms with Gasteiger partial charge in [0.2, 0.25) is 0 Å². The first-order valence-corrected chi connectivity index (χ1v) is 6.11. The van der Waals surface area contributed by atoms with Crippen LogP contribution in [0.1, 0.15) is 31.7 Å². The molecule has 0 atom stereocenters. The maximum atomic E-state index is 13.3. The van der Waals surface area contributed by atoms with Gasteiger partial charge in [-0.15, -0.1) is 0 Å². The van der Waals surface area contributed by atoms with E-state index < -0.39 is 17.1 Å². The molecule has 0 unspecified atom stereocenters. The van der Waals surface area contributed by atoms with E-state index in [4.69, 9.17) is 0 Å². The first-order chi connectivity index (χ1) is 8.66. The van der Waals surface area contributed by atoms with E-state index in [2.05, 4.69) is 4.98 Å². The third kappa shape index (κ3) is 1.66. The molecule has 1 heterocycles. The molecule has 18 heavy (non-hydrogen) atoms. The lowest BCUT2D eigenvalue weighted by atomic mass is 10.2. The summed E-state index contributed by atoms with van der Waals surface area (Å²) in [7, 11) is 0. The summed E-state index contributed by atoms with van der Waals surface area (Å²) in [6, 6.07) is 4.00. The van der Waals surface area contributed by atoms with Crippen LogP contribution in [-0.2, 0) is 0 Å². The quantitative estimate of drug-likeness (QED) is 0.838. The van der Waals surface area contributed by atoms with Gasteiger partial charge in [-0.3, -0.25) is 14.3 Å². The number of aromatic amines is 1. The second-order valence-electron chi connectivity index (χ2n) is 4.73. The zero-order chi connectivity index (χ0) is 12.7. The van der Waals surface area contributed by atoms with E-state index in [9.17, 15) is 14.0 Å². The van der Waals surface area contributed by atoms with Crippen LogP contribution in [-0.4, -0.2) is 9.55 Å². The second-order valence-corrected chi connectivity index (χ2v) is 4.73. The van der Waals surface area contributed by atoms with Gasteiger partial charge in [0, 0.05) is 6.04 Å². The lowest BCUT2D eigenvalue weighted by Gasteiger charge is -2.15. The summed E-state index contributed by atoms with van der Waals surface area (Å²) in [5, 5.41) is 0.364. The Morgan fingerprint density at radius 1 is 1.22 bits per heavy atom. The molecule has 0 bridgehead atoms. The number of hydrogen-bond acceptors (Lipinski definition) is 2. The number of hydrogen-bond donors (Lipinski definition) is 1. The van der Waals surface area contributed by atoms with Gasteiger partial charge in [0.15, 0.2) is 0 Å². The van der Waals surface area contributed by atoms with Gasteiger partial charge >= 0.3 is 5.69 Å². The highest BCUT2D eigenvalue weighted by Gasteiger charge is 2.21. The molecule has 1 aliphatic rings. The molecule has 1 saturated carbocycles. The minimum atomic E-state index is -0.454. The summed E-state index contributed by atoms with van der Waals surface area (Å²) < 4.78 is 14.9. The normalized spacial score (nSPS) is 16.5. The first kappa shape index (κ1) is 11.2. The van der Waals surface area contributed by atoms with Crippen molar-refractivity contribution in [1.82, 2.24) is 9.55 Å². The number of nitrogens with one attached hydrogen (secondary N) is 1. The fourth-order valence-electron chi connectivity index (χ4n) is 2.76. The molecule has 0 spiro atoms. The Labute approximate surface area is 102 Å². The molecule has 0 amide bonds. The molecule has 1 fully saturated rings. The Morgan fingerprint density at radius 2 is 1.94 bits per heavy atom. The van der Waals surface area contributed by atoms with E-state index in [1.807, 2.05) is 0 Å². The number of H-pyrrole nitrogens is 1. The van der Waals surface area contributed by atoms with Crippen LogP contribution in [0.15, 0.2) is 27.8 Å². The summed E-state index contributed by atoms with van der Waals surface area (Å²) in [5.41, 5.74) is -0.495. The number of aromatic nitrogens is 2. The molecule has 4 nitrogen and oxygen atoms in total. The van der Waals surface area contributed by atoms with E-state index in [0.29, 0.717) is 10.9 Å². The lowest BCUT2D eigenvalue weighted by molar-refractivity contribution is 0.507. The van der Waals surface area contributed by atoms with Crippen LogP contribution in [0.4, 0.5) is 4.39 Å². The third-order valence-corrected chi connectivity index (χ3v) is 3.59. The van der Waals surface area contributed by atoms with Crippen LogP contribution in [0.2, 0.25) is 0 Å². The van der Waals surface area contributed by atoms with Gasteiger partial charge in [0.1, 0.15) is 5.82 Å². The summed E-state index contributed by atoms with van der Waals surface area (Å²) in [5.74, 6) is -0.431. The minimum absolute atomic E-state index is 0.0682. The first-order valence-electron chi connectivity index (χ1n) is 6.11. The van der Waals surface area contributed by atoms with E-state index in [1.165, 1.54) is 22.8 Å². The average molecular weight is 248 g/mol. The lowest BCUT2D eigenvalue weighted by Crippen LogP contribution is -2.32. The zero-order valence-electron chi connectivity index (χ0n) is 9.78. The summed E-state index contributed by atoms with van der Waals surface area (Å²) >= 11 is 0. The molecule has 1 aromatic heterocycles. The summed E-state index contributed by atoms with van der Waals surface area (Å²) in [4.78, 5) is 25.9. The van der Waals surface area contributed by atoms with Gasteiger partial charge < -0.3 is 0 Å². The van der Waals surface area contributed by atoms with Gasteiger partial charge in [-0.05, 0) is 31.0 Å². The highest BCUT2D eigenvalue weighted by atomic mass is 19.1. The standard InChI is InChI=1S/C13H13FN2O2/c14-8-5-6-10-11(7-8)16(9-3-1-2-4-9)13(18)15-12(10)17/h5-7,9H,1-4H2,(H,15,17,18). The minimum Gasteiger partial charge on any atom is -0.290 e. The third-order valence-electron chi connectivity index (χ3n) is 3.59. The molecular weight excluding hydrogens is 235 g/mol. The van der Waals surface area contributed by atoms with Gasteiger partial charge in [-0.25, -0.2) is 9.18 Å². The number of rotatable bonds is 1. The molecule has 1 aliphatic carbocycles. The predicted octanol–water partition coefficient (Wildman–Crippen LogP) is 1.94. The van der Waals surface area contributed by atoms with Gasteiger partial charge in [0.05, 0.1) is 10.9 Å². The molecule has 0 aliphatic heterocycles. The van der Waals surface area contributed by atoms with E-state index in [1.54, 1.807) is 0 Å². The second kappa shape index (κ2) is 4.08. The average Bonchev–Trinajstić information content (AvgIpc) is 2.82. The molecule has 1 aromatic carbocycles. The highest BCUT2D eigenvalue weighted by molar-refractivity contribution is 5.78. The topological polar surface area (TPSA) is 54.9 Å². The molecule has 0 radical (unpaired) electrons. The molecule has 2 aromatic rings. The van der Waals surface area contributed by atoms with Crippen LogP contribution in [0.25, 0.3) is 10.9 Å². The van der Waals surface area contributed by atoms with Crippen molar-refractivity contribution in [3.63, 3.8) is 0 Å². The number of fused-ring (bicyclic) bond motifs is 1. The van der Waals surface area contributed by atoms with Crippen molar-refractivity contribution in [3.05, 3.63) is 44.9 Å². The predicted molar refractivity (Wildman–Crippen MR) is 66.3 cm³/mol. The molecule has 0 saturated heterocycles. The van der Waals surface area contributed by atoms with Gasteiger partial charge in [-0.1, -0.05) is 12.8 Å². The summed E-state index contributed by atoms with van der Waals surface area (Å²) in [6.45, 7) is 0. The van der Waals surface area contributed by atoms with Gasteiger partial charge in [0.25, 0.3) is 5.56 Å². The Balaban J connectivity index is 2.38. The Kier molecular flexibility index (Phi) is 2.54. The van der Waals surface area contributed by atoms with Crippen LogP contribution in [0.5, 0.6) is 0 Å². The van der Waals surface area contributed by atoms with Crippen molar-refractivity contribution in [2.45, 2.75) is 31.7 Å². The monoisotopic (exact) mass is 248 g/mol. The Morgan fingerprint density at radius 3 is 2.67 bits per heavy atom. The van der Waals surface area contributed by atoms with Crippen LogP contribution >= 0.6 is 0 Å². The van der Waals surface area contributed by atoms with Crippen molar-refractivity contribution < 1.29 is 4.39 Å². The van der Waals surface area contributed by atoms with E-state index >= 15 is 0 Å². The maximum Gasteiger partial charge on any atom is 0.329 e. The smallest absolute Gasteiger partial charge is 0.290 e. The van der Waals surface area contributed by atoms with Crippen molar-refractivity contribution in [3.8, 4) is 0 Å². The SMILES string of the molecule is O=c1[nH]c(=O)n(C2CCCC2)c2cc(F)ccc12. The Hall–Kier alpha value is -1.91. The number of halogens is 1. The summed E-state index contributed by atoms with van der Waals surface area (Å²) in [6.07, 6.45) is 3.93. The number of nitrogens with zero attached hydrogens (tertiary/aromatic N) is 1. The highest BCUT2D eigenvalue weighted by Crippen LogP contribution is 2.30. The fourth-order valence-corrected chi connectivity index (χ4v) is 2.76. The van der Waals surface area contributed by atoms with Crippen molar-refractivity contribution >= 4 is 10.9 Å². The fraction of sp³-hybridized carbons (Fsp3) is 0.385. The number of benzene rings is 1. The van der Waals surface area contributed by atoms with Crippen molar-refractivity contribution in [1.29, 1.82) is 0 Å². The van der Waals surface area contributed by atoms with E-state index in [0.717, 1.165) is 25.7 Å². The molecule has 5 heteroatoms. The van der Waals surface area contributed by atoms with Crippen LogP contribution in [0.3, 0.4) is 0 Å². The molecular formula is C13H13FN2O2. The largest absolute Gasteiger partial charge is 0.329 e. The Bertz CT molecular complexity index is 711. The maximum absolute atomic E-state index is 13.3. The molecule has 3 rings (SSSR count).